The van der Waals surface area contributed by atoms with Crippen LogP contribution in [0.2, 0.25) is 0 Å². The van der Waals surface area contributed by atoms with Crippen molar-refractivity contribution in [3.8, 4) is 0 Å². The third kappa shape index (κ3) is 6.27. The van der Waals surface area contributed by atoms with Crippen LogP contribution >= 0.6 is 11.8 Å². The van der Waals surface area contributed by atoms with Crippen molar-refractivity contribution in [2.24, 2.45) is 0 Å². The van der Waals surface area contributed by atoms with Crippen LogP contribution in [0.1, 0.15) is 35.7 Å². The Hall–Kier alpha value is -2.27. The molecular weight excluding hydrogens is 332 g/mol. The van der Waals surface area contributed by atoms with Crippen molar-refractivity contribution < 1.29 is 9.59 Å². The second-order valence-corrected chi connectivity index (χ2v) is 6.93. The van der Waals surface area contributed by atoms with Gasteiger partial charge in [0.05, 0.1) is 17.0 Å². The fourth-order valence-corrected chi connectivity index (χ4v) is 3.20. The minimum Gasteiger partial charge on any atom is -0.325 e. The van der Waals surface area contributed by atoms with E-state index in [0.717, 1.165) is 29.8 Å². The highest BCUT2D eigenvalue weighted by Gasteiger charge is 2.13. The number of benzene rings is 2. The molecule has 2 N–H and O–H groups in total. The number of nitrogens with one attached hydrogen (secondary N) is 2. The maximum atomic E-state index is 12.6. The second-order valence-electron chi connectivity index (χ2n) is 5.82. The maximum Gasteiger partial charge on any atom is 0.257 e. The Bertz CT molecular complexity index is 731. The molecule has 0 atom stereocenters. The molecule has 0 radical (unpaired) electrons. The Morgan fingerprint density at radius 1 is 1.04 bits per heavy atom. The minimum atomic E-state index is -0.236. The lowest BCUT2D eigenvalue weighted by Gasteiger charge is -2.12. The smallest absolute Gasteiger partial charge is 0.257 e. The van der Waals surface area contributed by atoms with Gasteiger partial charge in [0.2, 0.25) is 5.91 Å². The Labute approximate surface area is 153 Å². The molecule has 132 valence electrons. The first-order valence-corrected chi connectivity index (χ1v) is 9.60. The van der Waals surface area contributed by atoms with Gasteiger partial charge in [0, 0.05) is 5.69 Å². The molecule has 0 aromatic heterocycles. The van der Waals surface area contributed by atoms with Gasteiger partial charge < -0.3 is 10.6 Å². The number of carbonyl (C=O) groups excluding carboxylic acids is 2. The summed E-state index contributed by atoms with van der Waals surface area (Å²) in [6, 6.07) is 14.7. The summed E-state index contributed by atoms with van der Waals surface area (Å²) in [5.74, 6) is 1.05. The van der Waals surface area contributed by atoms with Crippen LogP contribution in [0.3, 0.4) is 0 Å². The van der Waals surface area contributed by atoms with Crippen LogP contribution < -0.4 is 10.6 Å². The molecule has 0 saturated heterocycles. The van der Waals surface area contributed by atoms with Crippen molar-refractivity contribution in [3.63, 3.8) is 0 Å². The first-order chi connectivity index (χ1) is 12.1. The molecule has 0 aliphatic heterocycles. The van der Waals surface area contributed by atoms with Crippen LogP contribution in [0.4, 0.5) is 11.4 Å². The average molecular weight is 356 g/mol. The second kappa shape index (κ2) is 9.89. The van der Waals surface area contributed by atoms with Gasteiger partial charge in [-0.05, 0) is 48.9 Å². The summed E-state index contributed by atoms with van der Waals surface area (Å²) >= 11 is 1.61. The first-order valence-electron chi connectivity index (χ1n) is 8.44. The van der Waals surface area contributed by atoms with E-state index < -0.39 is 0 Å². The summed E-state index contributed by atoms with van der Waals surface area (Å²) in [6.07, 6.45) is 2.23. The monoisotopic (exact) mass is 356 g/mol. The standard InChI is InChI=1S/C20H24N2O2S/c1-3-4-12-25-14-19(23)22-18-11-6-5-10-17(18)20(24)21-16-9-7-8-15(2)13-16/h5-11,13H,3-4,12,14H2,1-2H3,(H,21,24)(H,22,23). The lowest BCUT2D eigenvalue weighted by atomic mass is 10.1. The number of hydrogen-bond acceptors (Lipinski definition) is 3. The quantitative estimate of drug-likeness (QED) is 0.673. The van der Waals surface area contributed by atoms with Gasteiger partial charge in [-0.3, -0.25) is 9.59 Å². The maximum absolute atomic E-state index is 12.6. The van der Waals surface area contributed by atoms with Crippen molar-refractivity contribution >= 4 is 35.0 Å². The van der Waals surface area contributed by atoms with Crippen molar-refractivity contribution in [3.05, 3.63) is 59.7 Å². The molecule has 2 aromatic rings. The Balaban J connectivity index is 2.01. The molecule has 0 heterocycles. The normalized spacial score (nSPS) is 10.3. The predicted molar refractivity (Wildman–Crippen MR) is 106 cm³/mol. The summed E-state index contributed by atoms with van der Waals surface area (Å²) in [6.45, 7) is 4.10. The molecule has 5 heteroatoms. The number of aryl methyl sites for hydroxylation is 1. The van der Waals surface area contributed by atoms with Crippen molar-refractivity contribution in [2.75, 3.05) is 22.1 Å². The number of amides is 2. The lowest BCUT2D eigenvalue weighted by Crippen LogP contribution is -2.19. The van der Waals surface area contributed by atoms with Gasteiger partial charge in [0.15, 0.2) is 0 Å². The van der Waals surface area contributed by atoms with Gasteiger partial charge in [-0.15, -0.1) is 0 Å². The van der Waals surface area contributed by atoms with Crippen molar-refractivity contribution in [1.29, 1.82) is 0 Å². The van der Waals surface area contributed by atoms with E-state index >= 15 is 0 Å². The first kappa shape index (κ1) is 19.1. The van der Waals surface area contributed by atoms with Crippen LogP contribution in [-0.4, -0.2) is 23.3 Å². The van der Waals surface area contributed by atoms with Crippen LogP contribution in [0, 0.1) is 6.92 Å². The van der Waals surface area contributed by atoms with E-state index in [9.17, 15) is 9.59 Å². The van der Waals surface area contributed by atoms with Crippen molar-refractivity contribution in [1.82, 2.24) is 0 Å². The highest BCUT2D eigenvalue weighted by molar-refractivity contribution is 7.99. The van der Waals surface area contributed by atoms with E-state index in [1.54, 1.807) is 30.0 Å². The number of hydrogen-bond donors (Lipinski definition) is 2. The topological polar surface area (TPSA) is 58.2 Å². The van der Waals surface area contributed by atoms with Gasteiger partial charge in [-0.1, -0.05) is 37.6 Å². The predicted octanol–water partition coefficient (Wildman–Crippen LogP) is 4.72. The molecule has 0 fully saturated rings. The number of unbranched alkanes of at least 4 members (excludes halogenated alkanes) is 1. The molecule has 2 rings (SSSR count). The fraction of sp³-hybridized carbons (Fsp3) is 0.300. The van der Waals surface area contributed by atoms with Crippen LogP contribution in [0.25, 0.3) is 0 Å². The van der Waals surface area contributed by atoms with Crippen LogP contribution in [-0.2, 0) is 4.79 Å². The summed E-state index contributed by atoms with van der Waals surface area (Å²) < 4.78 is 0. The molecule has 0 spiro atoms. The fourth-order valence-electron chi connectivity index (χ4n) is 2.31. The van der Waals surface area contributed by atoms with Crippen LogP contribution in [0.15, 0.2) is 48.5 Å². The van der Waals surface area contributed by atoms with Gasteiger partial charge in [-0.2, -0.15) is 11.8 Å². The largest absolute Gasteiger partial charge is 0.325 e. The Kier molecular flexibility index (Phi) is 7.54. The van der Waals surface area contributed by atoms with Gasteiger partial charge >= 0.3 is 0 Å². The number of carbonyl (C=O) groups is 2. The van der Waals surface area contributed by atoms with E-state index in [-0.39, 0.29) is 11.8 Å². The number of thioether (sulfide) groups is 1. The highest BCUT2D eigenvalue weighted by atomic mass is 32.2. The van der Waals surface area contributed by atoms with E-state index in [0.29, 0.717) is 17.0 Å². The molecule has 0 aliphatic rings. The average Bonchev–Trinajstić information content (AvgIpc) is 2.59. The Morgan fingerprint density at radius 3 is 2.60 bits per heavy atom. The zero-order valence-electron chi connectivity index (χ0n) is 14.7. The zero-order chi connectivity index (χ0) is 18.1. The van der Waals surface area contributed by atoms with Gasteiger partial charge in [-0.25, -0.2) is 0 Å². The van der Waals surface area contributed by atoms with Crippen LogP contribution in [0.5, 0.6) is 0 Å². The Morgan fingerprint density at radius 2 is 1.84 bits per heavy atom. The zero-order valence-corrected chi connectivity index (χ0v) is 15.5. The molecule has 2 aromatic carbocycles. The molecular formula is C20H24N2O2S. The number of rotatable bonds is 8. The molecule has 0 aliphatic carbocycles. The molecule has 0 bridgehead atoms. The van der Waals surface area contributed by atoms with E-state index in [1.807, 2.05) is 37.3 Å². The SMILES string of the molecule is CCCCSCC(=O)Nc1ccccc1C(=O)Nc1cccc(C)c1. The van der Waals surface area contributed by atoms with E-state index in [2.05, 4.69) is 17.6 Å². The molecule has 0 saturated carbocycles. The molecule has 2 amide bonds. The minimum absolute atomic E-state index is 0.0862. The van der Waals surface area contributed by atoms with Crippen molar-refractivity contribution in [2.45, 2.75) is 26.7 Å². The lowest BCUT2D eigenvalue weighted by molar-refractivity contribution is -0.113. The molecule has 0 unspecified atom stereocenters. The van der Waals surface area contributed by atoms with Gasteiger partial charge in [0.1, 0.15) is 0 Å². The van der Waals surface area contributed by atoms with E-state index in [4.69, 9.17) is 0 Å². The number of para-hydroxylation sites is 1. The summed E-state index contributed by atoms with van der Waals surface area (Å²) in [5, 5.41) is 5.72. The summed E-state index contributed by atoms with van der Waals surface area (Å²) in [4.78, 5) is 24.6. The molecule has 4 nitrogen and oxygen atoms in total. The summed E-state index contributed by atoms with van der Waals surface area (Å²) in [5.41, 5.74) is 2.80. The summed E-state index contributed by atoms with van der Waals surface area (Å²) in [7, 11) is 0. The van der Waals surface area contributed by atoms with Gasteiger partial charge in [0.25, 0.3) is 5.91 Å². The van der Waals surface area contributed by atoms with E-state index in [1.165, 1.54) is 0 Å². The number of anilines is 2. The highest BCUT2D eigenvalue weighted by Crippen LogP contribution is 2.18. The third-order valence-corrected chi connectivity index (χ3v) is 4.64. The third-order valence-electron chi connectivity index (χ3n) is 3.60. The molecule has 25 heavy (non-hydrogen) atoms.